The highest BCUT2D eigenvalue weighted by Gasteiger charge is 2.37. The number of likely N-dealkylation sites (tertiary alicyclic amines) is 1. The maximum atomic E-state index is 11.9. The number of rotatable bonds is 5. The molecule has 1 aliphatic rings. The Morgan fingerprint density at radius 2 is 2.10 bits per heavy atom. The molecule has 20 heavy (non-hydrogen) atoms. The van der Waals surface area contributed by atoms with E-state index in [2.05, 4.69) is 5.32 Å². The Hall–Kier alpha value is -1.83. The van der Waals surface area contributed by atoms with E-state index in [0.29, 0.717) is 19.4 Å². The van der Waals surface area contributed by atoms with Gasteiger partial charge in [0.15, 0.2) is 5.60 Å². The molecule has 2 amide bonds. The molecule has 0 bridgehead atoms. The van der Waals surface area contributed by atoms with Gasteiger partial charge in [0.1, 0.15) is 6.04 Å². The second-order valence-electron chi connectivity index (χ2n) is 4.84. The summed E-state index contributed by atoms with van der Waals surface area (Å²) in [6, 6.07) is -1.23. The number of carboxylic acid groups (broad SMARTS) is 1. The summed E-state index contributed by atoms with van der Waals surface area (Å²) in [4.78, 5) is 35.6. The van der Waals surface area contributed by atoms with Crippen molar-refractivity contribution in [1.29, 1.82) is 0 Å². The Balaban J connectivity index is 2.58. The minimum Gasteiger partial charge on any atom is -0.479 e. The molecule has 8 nitrogen and oxygen atoms in total. The topological polar surface area (TPSA) is 116 Å². The fourth-order valence-electron chi connectivity index (χ4n) is 1.92. The van der Waals surface area contributed by atoms with Crippen LogP contribution in [0.4, 0.5) is 4.79 Å². The van der Waals surface area contributed by atoms with E-state index < -0.39 is 36.2 Å². The van der Waals surface area contributed by atoms with Gasteiger partial charge in [0.2, 0.25) is 0 Å². The van der Waals surface area contributed by atoms with Gasteiger partial charge in [-0.2, -0.15) is 0 Å². The second kappa shape index (κ2) is 6.56. The number of aliphatic hydroxyl groups is 1. The Morgan fingerprint density at radius 1 is 1.45 bits per heavy atom. The number of esters is 1. The third-order valence-electron chi connectivity index (χ3n) is 3.12. The zero-order valence-electron chi connectivity index (χ0n) is 11.6. The number of carboxylic acids is 1. The lowest BCUT2D eigenvalue weighted by Crippen LogP contribution is -2.52. The molecule has 114 valence electrons. The first kappa shape index (κ1) is 16.2. The van der Waals surface area contributed by atoms with Crippen molar-refractivity contribution in [3.63, 3.8) is 0 Å². The SMILES string of the molecule is CCOC(=O)C1CCCN1C(=O)NCC(C)(O)C(=O)O. The van der Waals surface area contributed by atoms with Crippen LogP contribution in [0.15, 0.2) is 0 Å². The van der Waals surface area contributed by atoms with Crippen LogP contribution in [0.25, 0.3) is 0 Å². The van der Waals surface area contributed by atoms with Crippen molar-refractivity contribution in [3.05, 3.63) is 0 Å². The molecule has 0 aromatic carbocycles. The minimum atomic E-state index is -2.05. The molecule has 1 aliphatic heterocycles. The quantitative estimate of drug-likeness (QED) is 0.590. The molecule has 0 radical (unpaired) electrons. The second-order valence-corrected chi connectivity index (χ2v) is 4.84. The molecule has 1 saturated heterocycles. The standard InChI is InChI=1S/C12H20N2O6/c1-3-20-9(15)8-5-4-6-14(8)11(18)13-7-12(2,19)10(16)17/h8,19H,3-7H2,1-2H3,(H,13,18)(H,16,17). The normalized spacial score (nSPS) is 21.1. The number of carbonyl (C=O) groups excluding carboxylic acids is 2. The molecular formula is C12H20N2O6. The predicted octanol–water partition coefficient (Wildman–Crippen LogP) is -0.441. The lowest BCUT2D eigenvalue weighted by atomic mass is 10.1. The van der Waals surface area contributed by atoms with Crippen molar-refractivity contribution in [3.8, 4) is 0 Å². The van der Waals surface area contributed by atoms with Crippen molar-refractivity contribution in [1.82, 2.24) is 10.2 Å². The van der Waals surface area contributed by atoms with E-state index in [4.69, 9.17) is 9.84 Å². The van der Waals surface area contributed by atoms with Crippen LogP contribution in [0.5, 0.6) is 0 Å². The van der Waals surface area contributed by atoms with Crippen LogP contribution in [0.2, 0.25) is 0 Å². The molecule has 0 spiro atoms. The number of nitrogens with zero attached hydrogens (tertiary/aromatic N) is 1. The highest BCUT2D eigenvalue weighted by molar-refractivity contribution is 5.85. The zero-order chi connectivity index (χ0) is 15.3. The Labute approximate surface area is 116 Å². The zero-order valence-corrected chi connectivity index (χ0v) is 11.6. The van der Waals surface area contributed by atoms with Crippen LogP contribution in [-0.4, -0.2) is 64.4 Å². The van der Waals surface area contributed by atoms with Crippen LogP contribution >= 0.6 is 0 Å². The van der Waals surface area contributed by atoms with Gasteiger partial charge in [-0.3, -0.25) is 0 Å². The number of nitrogens with one attached hydrogen (secondary N) is 1. The van der Waals surface area contributed by atoms with Gasteiger partial charge in [-0.25, -0.2) is 14.4 Å². The minimum absolute atomic E-state index is 0.235. The van der Waals surface area contributed by atoms with Crippen molar-refractivity contribution >= 4 is 18.0 Å². The number of amides is 2. The van der Waals surface area contributed by atoms with Gasteiger partial charge >= 0.3 is 18.0 Å². The molecule has 1 fully saturated rings. The number of carbonyl (C=O) groups is 3. The van der Waals surface area contributed by atoms with Gasteiger partial charge in [0.05, 0.1) is 13.2 Å². The van der Waals surface area contributed by atoms with Gasteiger partial charge in [-0.15, -0.1) is 0 Å². The van der Waals surface area contributed by atoms with Gasteiger partial charge in [0, 0.05) is 6.54 Å². The van der Waals surface area contributed by atoms with Crippen LogP contribution in [0.1, 0.15) is 26.7 Å². The van der Waals surface area contributed by atoms with E-state index in [1.54, 1.807) is 6.92 Å². The molecule has 0 aromatic heterocycles. The number of ether oxygens (including phenoxy) is 1. The van der Waals surface area contributed by atoms with E-state index in [1.165, 1.54) is 4.90 Å². The molecule has 8 heteroatoms. The molecule has 2 unspecified atom stereocenters. The largest absolute Gasteiger partial charge is 0.479 e. The Kier molecular flexibility index (Phi) is 5.32. The summed E-state index contributed by atoms with van der Waals surface area (Å²) >= 11 is 0. The summed E-state index contributed by atoms with van der Waals surface area (Å²) in [6.07, 6.45) is 1.19. The van der Waals surface area contributed by atoms with Crippen molar-refractivity contribution in [2.75, 3.05) is 19.7 Å². The van der Waals surface area contributed by atoms with Gasteiger partial charge < -0.3 is 25.2 Å². The number of hydrogen-bond donors (Lipinski definition) is 3. The Bertz CT molecular complexity index is 395. The lowest BCUT2D eigenvalue weighted by Gasteiger charge is -2.25. The summed E-state index contributed by atoms with van der Waals surface area (Å²) in [7, 11) is 0. The third-order valence-corrected chi connectivity index (χ3v) is 3.12. The fourth-order valence-corrected chi connectivity index (χ4v) is 1.92. The summed E-state index contributed by atoms with van der Waals surface area (Å²) in [6.45, 7) is 2.96. The summed E-state index contributed by atoms with van der Waals surface area (Å²) < 4.78 is 4.89. The Morgan fingerprint density at radius 3 is 2.65 bits per heavy atom. The summed E-state index contributed by atoms with van der Waals surface area (Å²) in [5.74, 6) is -1.90. The average Bonchev–Trinajstić information content (AvgIpc) is 2.85. The van der Waals surface area contributed by atoms with Crippen molar-refractivity contribution < 1.29 is 29.3 Å². The van der Waals surface area contributed by atoms with Crippen LogP contribution in [0, 0.1) is 0 Å². The van der Waals surface area contributed by atoms with E-state index in [0.717, 1.165) is 6.92 Å². The first-order valence-corrected chi connectivity index (χ1v) is 6.46. The van der Waals surface area contributed by atoms with Crippen molar-refractivity contribution in [2.45, 2.75) is 38.3 Å². The van der Waals surface area contributed by atoms with Crippen LogP contribution < -0.4 is 5.32 Å². The summed E-state index contributed by atoms with van der Waals surface area (Å²) in [5.41, 5.74) is -2.05. The van der Waals surface area contributed by atoms with Gasteiger partial charge in [0.25, 0.3) is 0 Å². The highest BCUT2D eigenvalue weighted by Crippen LogP contribution is 2.18. The summed E-state index contributed by atoms with van der Waals surface area (Å²) in [5, 5.41) is 20.6. The van der Waals surface area contributed by atoms with Crippen LogP contribution in [-0.2, 0) is 14.3 Å². The first-order chi connectivity index (χ1) is 9.29. The van der Waals surface area contributed by atoms with E-state index in [9.17, 15) is 19.5 Å². The molecule has 0 aromatic rings. The molecular weight excluding hydrogens is 268 g/mol. The third kappa shape index (κ3) is 3.83. The number of urea groups is 1. The maximum absolute atomic E-state index is 11.9. The molecule has 0 aliphatic carbocycles. The highest BCUT2D eigenvalue weighted by atomic mass is 16.5. The molecule has 3 N–H and O–H groups in total. The predicted molar refractivity (Wildman–Crippen MR) is 68.0 cm³/mol. The number of hydrogen-bond acceptors (Lipinski definition) is 5. The van der Waals surface area contributed by atoms with E-state index >= 15 is 0 Å². The monoisotopic (exact) mass is 288 g/mol. The molecule has 1 rings (SSSR count). The van der Waals surface area contributed by atoms with E-state index in [1.807, 2.05) is 0 Å². The van der Waals surface area contributed by atoms with Gasteiger partial charge in [-0.05, 0) is 26.7 Å². The first-order valence-electron chi connectivity index (χ1n) is 6.46. The van der Waals surface area contributed by atoms with Crippen molar-refractivity contribution in [2.24, 2.45) is 0 Å². The fraction of sp³-hybridized carbons (Fsp3) is 0.750. The maximum Gasteiger partial charge on any atom is 0.337 e. The lowest BCUT2D eigenvalue weighted by molar-refractivity contribution is -0.156. The van der Waals surface area contributed by atoms with Gasteiger partial charge in [-0.1, -0.05) is 0 Å². The molecule has 2 atom stereocenters. The van der Waals surface area contributed by atoms with E-state index in [-0.39, 0.29) is 6.61 Å². The van der Waals surface area contributed by atoms with Crippen LogP contribution in [0.3, 0.4) is 0 Å². The number of aliphatic carboxylic acids is 1. The average molecular weight is 288 g/mol. The molecule has 1 heterocycles. The molecule has 0 saturated carbocycles. The smallest absolute Gasteiger partial charge is 0.337 e.